The predicted octanol–water partition coefficient (Wildman–Crippen LogP) is 0.365. The Labute approximate surface area is 82.8 Å². The van der Waals surface area contributed by atoms with Gasteiger partial charge in [0.1, 0.15) is 0 Å². The Morgan fingerprint density at radius 3 is 2.93 bits per heavy atom. The Bertz CT molecular complexity index is 264. The van der Waals surface area contributed by atoms with E-state index in [-0.39, 0.29) is 12.6 Å². The SMILES string of the molecule is COCCC(C)Nc1nnc(CN)o1. The fourth-order valence-corrected chi connectivity index (χ4v) is 0.972. The number of aromatic nitrogens is 2. The number of anilines is 1. The maximum Gasteiger partial charge on any atom is 0.315 e. The van der Waals surface area contributed by atoms with Gasteiger partial charge in [0.2, 0.25) is 5.89 Å². The van der Waals surface area contributed by atoms with Crippen LogP contribution in [0, 0.1) is 0 Å². The molecule has 1 aromatic heterocycles. The van der Waals surface area contributed by atoms with Crippen molar-refractivity contribution in [1.82, 2.24) is 10.2 Å². The molecule has 0 aliphatic carbocycles. The average Bonchev–Trinajstić information content (AvgIpc) is 2.62. The Morgan fingerprint density at radius 2 is 2.36 bits per heavy atom. The normalized spacial score (nSPS) is 12.8. The topological polar surface area (TPSA) is 86.2 Å². The standard InChI is InChI=1S/C8H16N4O2/c1-6(3-4-13-2)10-8-12-11-7(5-9)14-8/h6H,3-5,9H2,1-2H3,(H,10,12). The molecule has 0 aromatic carbocycles. The Morgan fingerprint density at radius 1 is 1.57 bits per heavy atom. The number of hydrogen-bond donors (Lipinski definition) is 2. The van der Waals surface area contributed by atoms with E-state index in [2.05, 4.69) is 15.5 Å². The smallest absolute Gasteiger partial charge is 0.315 e. The third kappa shape index (κ3) is 3.31. The van der Waals surface area contributed by atoms with Gasteiger partial charge in [0.05, 0.1) is 6.54 Å². The monoisotopic (exact) mass is 200 g/mol. The van der Waals surface area contributed by atoms with Crippen LogP contribution in [0.4, 0.5) is 6.01 Å². The zero-order valence-electron chi connectivity index (χ0n) is 8.49. The molecule has 14 heavy (non-hydrogen) atoms. The number of methoxy groups -OCH3 is 1. The van der Waals surface area contributed by atoms with E-state index in [4.69, 9.17) is 14.9 Å². The number of rotatable bonds is 6. The van der Waals surface area contributed by atoms with Crippen LogP contribution in [-0.4, -0.2) is 30.0 Å². The van der Waals surface area contributed by atoms with Crippen LogP contribution in [0.15, 0.2) is 4.42 Å². The molecule has 0 amide bonds. The minimum Gasteiger partial charge on any atom is -0.407 e. The van der Waals surface area contributed by atoms with Crippen LogP contribution >= 0.6 is 0 Å². The Balaban J connectivity index is 2.35. The molecule has 3 N–H and O–H groups in total. The van der Waals surface area contributed by atoms with E-state index in [0.717, 1.165) is 6.42 Å². The highest BCUT2D eigenvalue weighted by atomic mass is 16.5. The van der Waals surface area contributed by atoms with Gasteiger partial charge in [-0.05, 0) is 13.3 Å². The lowest BCUT2D eigenvalue weighted by Gasteiger charge is -2.10. The molecule has 0 aliphatic rings. The third-order valence-electron chi connectivity index (χ3n) is 1.77. The molecule has 1 rings (SSSR count). The molecule has 1 unspecified atom stereocenters. The van der Waals surface area contributed by atoms with Gasteiger partial charge in [0.25, 0.3) is 0 Å². The molecule has 0 saturated heterocycles. The molecule has 1 aromatic rings. The second-order valence-electron chi connectivity index (χ2n) is 3.03. The molecule has 0 aliphatic heterocycles. The van der Waals surface area contributed by atoms with E-state index in [1.54, 1.807) is 7.11 Å². The highest BCUT2D eigenvalue weighted by molar-refractivity contribution is 5.18. The second-order valence-corrected chi connectivity index (χ2v) is 3.03. The molecule has 0 fully saturated rings. The van der Waals surface area contributed by atoms with Crippen molar-refractivity contribution in [3.63, 3.8) is 0 Å². The van der Waals surface area contributed by atoms with Crippen LogP contribution in [0.2, 0.25) is 0 Å². The van der Waals surface area contributed by atoms with Gasteiger partial charge in [-0.1, -0.05) is 5.10 Å². The highest BCUT2D eigenvalue weighted by Gasteiger charge is 2.07. The molecule has 1 heterocycles. The summed E-state index contributed by atoms with van der Waals surface area (Å²) in [7, 11) is 1.67. The summed E-state index contributed by atoms with van der Waals surface area (Å²) in [5.74, 6) is 0.437. The molecule has 1 atom stereocenters. The van der Waals surface area contributed by atoms with Gasteiger partial charge in [-0.2, -0.15) is 0 Å². The van der Waals surface area contributed by atoms with Crippen LogP contribution in [0.5, 0.6) is 0 Å². The van der Waals surface area contributed by atoms with Gasteiger partial charge in [0.15, 0.2) is 0 Å². The summed E-state index contributed by atoms with van der Waals surface area (Å²) in [5, 5.41) is 10.6. The van der Waals surface area contributed by atoms with Gasteiger partial charge in [-0.3, -0.25) is 0 Å². The minimum atomic E-state index is 0.237. The lowest BCUT2D eigenvalue weighted by Crippen LogP contribution is -2.17. The van der Waals surface area contributed by atoms with Gasteiger partial charge >= 0.3 is 6.01 Å². The fourth-order valence-electron chi connectivity index (χ4n) is 0.972. The second kappa shape index (κ2) is 5.56. The van der Waals surface area contributed by atoms with E-state index in [1.807, 2.05) is 6.92 Å². The van der Waals surface area contributed by atoms with Crippen molar-refractivity contribution in [2.24, 2.45) is 5.73 Å². The Kier molecular flexibility index (Phi) is 4.34. The summed E-state index contributed by atoms with van der Waals surface area (Å²) in [6.45, 7) is 2.98. The van der Waals surface area contributed by atoms with Crippen molar-refractivity contribution >= 4 is 6.01 Å². The third-order valence-corrected chi connectivity index (χ3v) is 1.77. The van der Waals surface area contributed by atoms with Crippen molar-refractivity contribution in [3.8, 4) is 0 Å². The van der Waals surface area contributed by atoms with Gasteiger partial charge in [0, 0.05) is 19.8 Å². The first-order chi connectivity index (χ1) is 6.76. The van der Waals surface area contributed by atoms with Crippen LogP contribution in [0.1, 0.15) is 19.2 Å². The quantitative estimate of drug-likeness (QED) is 0.689. The van der Waals surface area contributed by atoms with Crippen molar-refractivity contribution in [2.45, 2.75) is 25.9 Å². The molecule has 6 nitrogen and oxygen atoms in total. The Hall–Kier alpha value is -1.14. The van der Waals surface area contributed by atoms with Crippen LogP contribution in [-0.2, 0) is 11.3 Å². The van der Waals surface area contributed by atoms with Crippen molar-refractivity contribution in [3.05, 3.63) is 5.89 Å². The first-order valence-electron chi connectivity index (χ1n) is 4.54. The molecular formula is C8H16N4O2. The van der Waals surface area contributed by atoms with Gasteiger partial charge < -0.3 is 20.2 Å². The minimum absolute atomic E-state index is 0.237. The lowest BCUT2D eigenvalue weighted by molar-refractivity contribution is 0.191. The molecule has 0 radical (unpaired) electrons. The number of ether oxygens (including phenoxy) is 1. The first-order valence-corrected chi connectivity index (χ1v) is 4.54. The van der Waals surface area contributed by atoms with Gasteiger partial charge in [-0.25, -0.2) is 0 Å². The van der Waals surface area contributed by atoms with Crippen LogP contribution in [0.3, 0.4) is 0 Å². The van der Waals surface area contributed by atoms with E-state index in [1.165, 1.54) is 0 Å². The maximum absolute atomic E-state index is 5.33. The molecule has 6 heteroatoms. The average molecular weight is 200 g/mol. The number of nitrogens with one attached hydrogen (secondary N) is 1. The molecule has 0 spiro atoms. The lowest BCUT2D eigenvalue weighted by atomic mass is 10.2. The van der Waals surface area contributed by atoms with Crippen LogP contribution < -0.4 is 11.1 Å². The summed E-state index contributed by atoms with van der Waals surface area (Å²) >= 11 is 0. The van der Waals surface area contributed by atoms with E-state index >= 15 is 0 Å². The van der Waals surface area contributed by atoms with E-state index in [9.17, 15) is 0 Å². The highest BCUT2D eigenvalue weighted by Crippen LogP contribution is 2.07. The number of nitrogens with two attached hydrogens (primary N) is 1. The number of hydrogen-bond acceptors (Lipinski definition) is 6. The van der Waals surface area contributed by atoms with Crippen molar-refractivity contribution in [1.29, 1.82) is 0 Å². The van der Waals surface area contributed by atoms with Crippen LogP contribution in [0.25, 0.3) is 0 Å². The van der Waals surface area contributed by atoms with Crippen molar-refractivity contribution in [2.75, 3.05) is 19.0 Å². The van der Waals surface area contributed by atoms with E-state index in [0.29, 0.717) is 18.5 Å². The summed E-state index contributed by atoms with van der Waals surface area (Å²) in [6.07, 6.45) is 0.886. The number of nitrogens with zero attached hydrogens (tertiary/aromatic N) is 2. The first kappa shape index (κ1) is 10.9. The zero-order valence-corrected chi connectivity index (χ0v) is 8.49. The van der Waals surface area contributed by atoms with Crippen molar-refractivity contribution < 1.29 is 9.15 Å². The fraction of sp³-hybridized carbons (Fsp3) is 0.750. The molecule has 0 bridgehead atoms. The van der Waals surface area contributed by atoms with E-state index < -0.39 is 0 Å². The van der Waals surface area contributed by atoms with Gasteiger partial charge in [-0.15, -0.1) is 5.10 Å². The zero-order chi connectivity index (χ0) is 10.4. The molecule has 80 valence electrons. The predicted molar refractivity (Wildman–Crippen MR) is 51.8 cm³/mol. The maximum atomic E-state index is 5.33. The summed E-state index contributed by atoms with van der Waals surface area (Å²) < 4.78 is 10.1. The summed E-state index contributed by atoms with van der Waals surface area (Å²) in [5.41, 5.74) is 5.33. The largest absolute Gasteiger partial charge is 0.407 e. The summed E-state index contributed by atoms with van der Waals surface area (Å²) in [6, 6.07) is 0.648. The summed E-state index contributed by atoms with van der Waals surface area (Å²) in [4.78, 5) is 0. The molecular weight excluding hydrogens is 184 g/mol. The molecule has 0 saturated carbocycles.